The van der Waals surface area contributed by atoms with E-state index in [2.05, 4.69) is 74.7 Å². The quantitative estimate of drug-likeness (QED) is 0.0322. The van der Waals surface area contributed by atoms with Crippen LogP contribution in [0.2, 0.25) is 0 Å². The zero-order chi connectivity index (χ0) is 43.8. The summed E-state index contributed by atoms with van der Waals surface area (Å²) in [5, 5.41) is 23.6. The molecule has 3 atom stereocenters. The molecule has 0 saturated carbocycles. The average molecular weight is 840 g/mol. The molecule has 0 rings (SSSR count). The molecule has 0 bridgehead atoms. The highest BCUT2D eigenvalue weighted by molar-refractivity contribution is 5.78. The lowest BCUT2D eigenvalue weighted by atomic mass is 10.0. The van der Waals surface area contributed by atoms with Crippen LogP contribution in [0.15, 0.2) is 60.8 Å². The highest BCUT2D eigenvalue weighted by atomic mass is 16.5. The number of rotatable bonds is 45. The fraction of sp³-hybridized carbons (Fsp3) is 0.778. The predicted molar refractivity (Wildman–Crippen MR) is 259 cm³/mol. The number of carbonyl (C=O) groups is 2. The van der Waals surface area contributed by atoms with Crippen molar-refractivity contribution < 1.29 is 24.5 Å². The second-order valence-corrected chi connectivity index (χ2v) is 17.2. The Morgan fingerprint density at radius 2 is 0.883 bits per heavy atom. The lowest BCUT2D eigenvalue weighted by Gasteiger charge is -2.23. The molecule has 0 saturated heterocycles. The molecule has 0 fully saturated rings. The van der Waals surface area contributed by atoms with Gasteiger partial charge in [-0.3, -0.25) is 9.59 Å². The van der Waals surface area contributed by atoms with E-state index >= 15 is 0 Å². The Balaban J connectivity index is 4.61. The zero-order valence-electron chi connectivity index (χ0n) is 39.6. The van der Waals surface area contributed by atoms with Gasteiger partial charge >= 0.3 is 5.97 Å². The summed E-state index contributed by atoms with van der Waals surface area (Å²) in [4.78, 5) is 26.0. The molecular weight excluding hydrogens is 743 g/mol. The van der Waals surface area contributed by atoms with Crippen LogP contribution in [0.25, 0.3) is 0 Å². The van der Waals surface area contributed by atoms with Gasteiger partial charge in [-0.25, -0.2) is 0 Å². The Hall–Kier alpha value is -2.44. The largest absolute Gasteiger partial charge is 0.458 e. The molecule has 1 amide bonds. The Labute approximate surface area is 371 Å². The van der Waals surface area contributed by atoms with E-state index in [9.17, 15) is 19.8 Å². The Morgan fingerprint density at radius 3 is 1.37 bits per heavy atom. The van der Waals surface area contributed by atoms with E-state index in [4.69, 9.17) is 4.74 Å². The smallest absolute Gasteiger partial charge is 0.306 e. The standard InChI is InChI=1S/C54H97NO5/c1-4-7-10-13-16-19-22-23-24-25-26-27-28-29-32-35-38-41-44-47-54(59)60-50(45-42-39-36-33-30-20-17-14-11-8-5-2)48-53(58)55-51(49-56)52(57)46-43-40-37-34-31-21-18-15-12-9-6-3/h16,19,23-24,26-27,33,36,42,45,50-52,56-57H,4-15,17-18,20-22,25,28-32,34-35,37-41,43-44,46-49H2,1-3H3,(H,55,58)/b19-16-,24-23-,27-26-,36-33-,45-42+. The first-order valence-corrected chi connectivity index (χ1v) is 25.5. The van der Waals surface area contributed by atoms with Gasteiger partial charge < -0.3 is 20.3 Å². The second-order valence-electron chi connectivity index (χ2n) is 17.2. The summed E-state index contributed by atoms with van der Waals surface area (Å²) < 4.78 is 5.82. The van der Waals surface area contributed by atoms with Crippen LogP contribution in [0.4, 0.5) is 0 Å². The number of allylic oxidation sites excluding steroid dienone is 9. The maximum absolute atomic E-state index is 13.1. The molecule has 0 aliphatic carbocycles. The van der Waals surface area contributed by atoms with Gasteiger partial charge in [0.15, 0.2) is 0 Å². The predicted octanol–water partition coefficient (Wildman–Crippen LogP) is 15.2. The molecule has 6 nitrogen and oxygen atoms in total. The molecule has 0 heterocycles. The molecule has 6 heteroatoms. The summed E-state index contributed by atoms with van der Waals surface area (Å²) in [5.41, 5.74) is 0. The van der Waals surface area contributed by atoms with Gasteiger partial charge in [0.1, 0.15) is 6.10 Å². The van der Waals surface area contributed by atoms with Gasteiger partial charge in [-0.15, -0.1) is 0 Å². The van der Waals surface area contributed by atoms with E-state index in [1.54, 1.807) is 0 Å². The van der Waals surface area contributed by atoms with Crippen LogP contribution >= 0.6 is 0 Å². The van der Waals surface area contributed by atoms with Crippen molar-refractivity contribution in [2.75, 3.05) is 6.61 Å². The zero-order valence-corrected chi connectivity index (χ0v) is 39.6. The lowest BCUT2D eigenvalue weighted by Crippen LogP contribution is -2.46. The molecule has 0 aromatic rings. The normalized spacial score (nSPS) is 13.8. The van der Waals surface area contributed by atoms with E-state index in [1.165, 1.54) is 135 Å². The Bertz CT molecular complexity index is 1080. The molecule has 3 N–H and O–H groups in total. The van der Waals surface area contributed by atoms with E-state index < -0.39 is 18.2 Å². The molecule has 0 radical (unpaired) electrons. The van der Waals surface area contributed by atoms with Gasteiger partial charge in [0.2, 0.25) is 5.91 Å². The van der Waals surface area contributed by atoms with Gasteiger partial charge in [0.05, 0.1) is 25.2 Å². The third-order valence-corrected chi connectivity index (χ3v) is 11.3. The highest BCUT2D eigenvalue weighted by Gasteiger charge is 2.23. The molecule has 3 unspecified atom stereocenters. The van der Waals surface area contributed by atoms with Crippen LogP contribution in [0.3, 0.4) is 0 Å². The van der Waals surface area contributed by atoms with Crippen LogP contribution in [-0.4, -0.2) is 46.9 Å². The SMILES string of the molecule is CCCCC/C=C\C/C=C\C/C=C\CCCCCCCCC(=O)OC(/C=C/C/C=C\CCCCCCCC)CC(=O)NC(CO)C(O)CCCCCCCCCCCCC. The number of carbonyl (C=O) groups excluding carboxylic acids is 2. The molecule has 0 aromatic heterocycles. The van der Waals surface area contributed by atoms with Crippen molar-refractivity contribution in [3.63, 3.8) is 0 Å². The van der Waals surface area contributed by atoms with E-state index in [0.29, 0.717) is 19.3 Å². The summed E-state index contributed by atoms with van der Waals surface area (Å²) in [6, 6.07) is -0.735. The van der Waals surface area contributed by atoms with E-state index in [1.807, 2.05) is 12.2 Å². The maximum atomic E-state index is 13.1. The van der Waals surface area contributed by atoms with E-state index in [0.717, 1.165) is 64.2 Å². The van der Waals surface area contributed by atoms with Crippen molar-refractivity contribution in [1.82, 2.24) is 5.32 Å². The molecular formula is C54H97NO5. The number of aliphatic hydroxyl groups is 2. The van der Waals surface area contributed by atoms with Crippen molar-refractivity contribution in [1.29, 1.82) is 0 Å². The van der Waals surface area contributed by atoms with Gasteiger partial charge in [-0.1, -0.05) is 217 Å². The topological polar surface area (TPSA) is 95.9 Å². The molecule has 0 aliphatic rings. The first kappa shape index (κ1) is 57.6. The van der Waals surface area contributed by atoms with Crippen LogP contribution in [0.5, 0.6) is 0 Å². The molecule has 60 heavy (non-hydrogen) atoms. The van der Waals surface area contributed by atoms with Crippen molar-refractivity contribution >= 4 is 11.9 Å². The van der Waals surface area contributed by atoms with Crippen molar-refractivity contribution in [2.24, 2.45) is 0 Å². The summed E-state index contributed by atoms with van der Waals surface area (Å²) in [6.07, 6.45) is 58.8. The first-order chi connectivity index (χ1) is 29.5. The number of hydrogen-bond acceptors (Lipinski definition) is 5. The number of aliphatic hydroxyl groups excluding tert-OH is 2. The van der Waals surface area contributed by atoms with Crippen LogP contribution < -0.4 is 5.32 Å². The van der Waals surface area contributed by atoms with Gasteiger partial charge in [0, 0.05) is 6.42 Å². The summed E-state index contributed by atoms with van der Waals surface area (Å²) in [7, 11) is 0. The lowest BCUT2D eigenvalue weighted by molar-refractivity contribution is -0.148. The van der Waals surface area contributed by atoms with Crippen molar-refractivity contribution in [3.8, 4) is 0 Å². The van der Waals surface area contributed by atoms with Crippen molar-refractivity contribution in [3.05, 3.63) is 60.8 Å². The number of hydrogen-bond donors (Lipinski definition) is 3. The summed E-state index contributed by atoms with van der Waals surface area (Å²) in [5.74, 6) is -0.617. The molecule has 348 valence electrons. The fourth-order valence-corrected chi connectivity index (χ4v) is 7.40. The third kappa shape index (κ3) is 42.3. The number of amides is 1. The van der Waals surface area contributed by atoms with Crippen LogP contribution in [-0.2, 0) is 14.3 Å². The van der Waals surface area contributed by atoms with Crippen LogP contribution in [0.1, 0.15) is 245 Å². The van der Waals surface area contributed by atoms with Gasteiger partial charge in [-0.2, -0.15) is 0 Å². The Kier molecular flexibility index (Phi) is 45.7. The van der Waals surface area contributed by atoms with Crippen molar-refractivity contribution in [2.45, 2.75) is 264 Å². The number of nitrogens with one attached hydrogen (secondary N) is 1. The molecule has 0 spiro atoms. The summed E-state index contributed by atoms with van der Waals surface area (Å²) >= 11 is 0. The minimum absolute atomic E-state index is 0.0351. The third-order valence-electron chi connectivity index (χ3n) is 11.3. The maximum Gasteiger partial charge on any atom is 0.306 e. The first-order valence-electron chi connectivity index (χ1n) is 25.5. The molecule has 0 aromatic carbocycles. The minimum Gasteiger partial charge on any atom is -0.458 e. The minimum atomic E-state index is -0.813. The number of ether oxygens (including phenoxy) is 1. The van der Waals surface area contributed by atoms with Gasteiger partial charge in [-0.05, 0) is 76.7 Å². The van der Waals surface area contributed by atoms with E-state index in [-0.39, 0.29) is 24.9 Å². The fourth-order valence-electron chi connectivity index (χ4n) is 7.40. The average Bonchev–Trinajstić information content (AvgIpc) is 3.24. The Morgan fingerprint density at radius 1 is 0.500 bits per heavy atom. The number of esters is 1. The number of unbranched alkanes of at least 4 members (excludes halogenated alkanes) is 25. The monoisotopic (exact) mass is 840 g/mol. The second kappa shape index (κ2) is 47.6. The van der Waals surface area contributed by atoms with Gasteiger partial charge in [0.25, 0.3) is 0 Å². The molecule has 0 aliphatic heterocycles. The highest BCUT2D eigenvalue weighted by Crippen LogP contribution is 2.15. The van der Waals surface area contributed by atoms with Crippen LogP contribution in [0, 0.1) is 0 Å². The summed E-state index contributed by atoms with van der Waals surface area (Å²) in [6.45, 7) is 6.40.